The summed E-state index contributed by atoms with van der Waals surface area (Å²) in [5.41, 5.74) is 0.696. The number of hydrogen-bond acceptors (Lipinski definition) is 3. The molecule has 0 saturated heterocycles. The van der Waals surface area contributed by atoms with Crippen molar-refractivity contribution < 1.29 is 5.11 Å². The Hall–Kier alpha value is -2.53. The molecule has 118 valence electrons. The van der Waals surface area contributed by atoms with Crippen molar-refractivity contribution in [1.82, 2.24) is 8.97 Å². The van der Waals surface area contributed by atoms with Crippen molar-refractivity contribution in [2.45, 2.75) is 19.9 Å². The molecule has 3 aromatic rings. The molecule has 0 aliphatic rings. The lowest BCUT2D eigenvalue weighted by Crippen LogP contribution is -2.26. The van der Waals surface area contributed by atoms with E-state index < -0.39 is 16.7 Å². The van der Waals surface area contributed by atoms with Crippen LogP contribution in [0.2, 0.25) is 5.02 Å². The van der Waals surface area contributed by atoms with Gasteiger partial charge >= 0.3 is 0 Å². The minimum absolute atomic E-state index is 0.00104. The van der Waals surface area contributed by atoms with Gasteiger partial charge in [-0.15, -0.1) is 0 Å². The van der Waals surface area contributed by atoms with Crippen molar-refractivity contribution in [3.8, 4) is 5.75 Å². The van der Waals surface area contributed by atoms with Gasteiger partial charge in [0.25, 0.3) is 5.56 Å². The van der Waals surface area contributed by atoms with E-state index in [1.807, 2.05) is 19.1 Å². The number of pyridine rings is 1. The zero-order valence-corrected chi connectivity index (χ0v) is 13.2. The van der Waals surface area contributed by atoms with Crippen LogP contribution >= 0.6 is 11.6 Å². The van der Waals surface area contributed by atoms with Gasteiger partial charge in [0.1, 0.15) is 0 Å². The Kier molecular flexibility index (Phi) is 3.96. The molecule has 6 heteroatoms. The molecule has 5 nitrogen and oxygen atoms in total. The summed E-state index contributed by atoms with van der Waals surface area (Å²) in [5, 5.41) is 10.6. The molecule has 0 saturated carbocycles. The fourth-order valence-corrected chi connectivity index (χ4v) is 2.83. The quantitative estimate of drug-likeness (QED) is 0.802. The largest absolute Gasteiger partial charge is 0.503 e. The number of aromatic hydroxyl groups is 1. The average molecular weight is 331 g/mol. The fraction of sp³-hybridized carbons (Fsp3) is 0.176. The van der Waals surface area contributed by atoms with Crippen LogP contribution in [-0.4, -0.2) is 14.1 Å². The van der Waals surface area contributed by atoms with Crippen LogP contribution in [0.15, 0.2) is 52.3 Å². The van der Waals surface area contributed by atoms with Gasteiger partial charge in [0.05, 0.1) is 6.54 Å². The van der Waals surface area contributed by atoms with Crippen molar-refractivity contribution >= 4 is 17.1 Å². The van der Waals surface area contributed by atoms with Crippen LogP contribution in [-0.2, 0) is 13.0 Å². The van der Waals surface area contributed by atoms with E-state index in [4.69, 9.17) is 11.6 Å². The van der Waals surface area contributed by atoms with Crippen LogP contribution in [0.3, 0.4) is 0 Å². The normalized spacial score (nSPS) is 11.0. The lowest BCUT2D eigenvalue weighted by molar-refractivity contribution is 0.471. The first-order valence-corrected chi connectivity index (χ1v) is 7.60. The number of rotatable bonds is 3. The molecule has 0 bridgehead atoms. The molecule has 0 aliphatic heterocycles. The Bertz CT molecular complexity index is 1000. The Morgan fingerprint density at radius 2 is 2.00 bits per heavy atom. The molecule has 2 aromatic heterocycles. The van der Waals surface area contributed by atoms with Gasteiger partial charge in [-0.2, -0.15) is 0 Å². The van der Waals surface area contributed by atoms with Crippen LogP contribution in [0.4, 0.5) is 0 Å². The number of aromatic nitrogens is 2. The maximum atomic E-state index is 12.7. The van der Waals surface area contributed by atoms with Crippen molar-refractivity contribution in [2.24, 2.45) is 0 Å². The van der Waals surface area contributed by atoms with Crippen LogP contribution in [0.25, 0.3) is 5.52 Å². The maximum absolute atomic E-state index is 12.7. The highest BCUT2D eigenvalue weighted by atomic mass is 35.5. The summed E-state index contributed by atoms with van der Waals surface area (Å²) in [5.74, 6) is -0.521. The standard InChI is InChI=1S/C17H15ClN2O3/c1-2-13-10-19(9-11-4-3-5-12(18)8-11)17(23)15-16(22)14(21)6-7-20(13)15/h3-8,10,22H,2,9H2,1H3. The second-order valence-electron chi connectivity index (χ2n) is 5.28. The van der Waals surface area contributed by atoms with Gasteiger partial charge in [-0.25, -0.2) is 0 Å². The first kappa shape index (κ1) is 15.4. The highest BCUT2D eigenvalue weighted by Crippen LogP contribution is 2.14. The van der Waals surface area contributed by atoms with E-state index in [2.05, 4.69) is 0 Å². The van der Waals surface area contributed by atoms with E-state index >= 15 is 0 Å². The van der Waals surface area contributed by atoms with Crippen molar-refractivity contribution in [3.63, 3.8) is 0 Å². The summed E-state index contributed by atoms with van der Waals surface area (Å²) in [6.45, 7) is 2.25. The monoisotopic (exact) mass is 330 g/mol. The van der Waals surface area contributed by atoms with E-state index in [0.717, 1.165) is 11.3 Å². The van der Waals surface area contributed by atoms with Gasteiger partial charge in [-0.1, -0.05) is 30.7 Å². The molecule has 1 N–H and O–H groups in total. The van der Waals surface area contributed by atoms with Gasteiger partial charge in [-0.3, -0.25) is 9.59 Å². The van der Waals surface area contributed by atoms with Crippen molar-refractivity contribution in [3.05, 3.63) is 79.6 Å². The highest BCUT2D eigenvalue weighted by molar-refractivity contribution is 6.30. The Morgan fingerprint density at radius 3 is 2.70 bits per heavy atom. The van der Waals surface area contributed by atoms with E-state index in [0.29, 0.717) is 18.0 Å². The van der Waals surface area contributed by atoms with Gasteiger partial charge in [0, 0.05) is 29.2 Å². The number of benzene rings is 1. The third kappa shape index (κ3) is 2.75. The molecule has 1 aromatic carbocycles. The van der Waals surface area contributed by atoms with Gasteiger partial charge in [-0.05, 0) is 24.1 Å². The summed E-state index contributed by atoms with van der Waals surface area (Å²) < 4.78 is 3.05. The Balaban J connectivity index is 2.26. The summed E-state index contributed by atoms with van der Waals surface area (Å²) in [6, 6.07) is 8.47. The van der Waals surface area contributed by atoms with Crippen LogP contribution in [0.5, 0.6) is 5.75 Å². The first-order valence-electron chi connectivity index (χ1n) is 7.22. The minimum atomic E-state index is -0.565. The number of nitrogens with zero attached hydrogens (tertiary/aromatic N) is 2. The molecule has 0 atom stereocenters. The molecule has 23 heavy (non-hydrogen) atoms. The molecule has 0 aliphatic carbocycles. The topological polar surface area (TPSA) is 63.7 Å². The second-order valence-corrected chi connectivity index (χ2v) is 5.72. The first-order chi connectivity index (χ1) is 11.0. The molecular weight excluding hydrogens is 316 g/mol. The van der Waals surface area contributed by atoms with Gasteiger partial charge in [0.15, 0.2) is 11.3 Å². The molecular formula is C17H15ClN2O3. The SMILES string of the molecule is CCc1cn(Cc2cccc(Cl)c2)c(=O)c2c(O)c(=O)ccn12. The number of fused-ring (bicyclic) bond motifs is 1. The third-order valence-electron chi connectivity index (χ3n) is 3.76. The zero-order chi connectivity index (χ0) is 16.6. The lowest BCUT2D eigenvalue weighted by atomic mass is 10.2. The maximum Gasteiger partial charge on any atom is 0.279 e. The Morgan fingerprint density at radius 1 is 1.22 bits per heavy atom. The number of halogens is 1. The summed E-state index contributed by atoms with van der Waals surface area (Å²) in [4.78, 5) is 24.3. The smallest absolute Gasteiger partial charge is 0.279 e. The molecule has 0 spiro atoms. The van der Waals surface area contributed by atoms with Crippen molar-refractivity contribution in [2.75, 3.05) is 0 Å². The highest BCUT2D eigenvalue weighted by Gasteiger charge is 2.13. The van der Waals surface area contributed by atoms with Gasteiger partial charge < -0.3 is 14.1 Å². The summed E-state index contributed by atoms with van der Waals surface area (Å²) in [7, 11) is 0. The average Bonchev–Trinajstić information content (AvgIpc) is 2.53. The van der Waals surface area contributed by atoms with E-state index in [-0.39, 0.29) is 5.52 Å². The molecule has 2 heterocycles. The van der Waals surface area contributed by atoms with E-state index in [1.165, 1.54) is 16.8 Å². The summed E-state index contributed by atoms with van der Waals surface area (Å²) >= 11 is 5.98. The fourth-order valence-electron chi connectivity index (χ4n) is 2.62. The molecule has 0 unspecified atom stereocenters. The van der Waals surface area contributed by atoms with E-state index in [9.17, 15) is 14.7 Å². The second kappa shape index (κ2) is 5.93. The third-order valence-corrected chi connectivity index (χ3v) is 3.99. The Labute approximate surface area is 137 Å². The predicted octanol–water partition coefficient (Wildman–Crippen LogP) is 2.43. The van der Waals surface area contributed by atoms with Crippen LogP contribution < -0.4 is 11.0 Å². The molecule has 0 radical (unpaired) electrons. The number of hydrogen-bond donors (Lipinski definition) is 1. The predicted molar refractivity (Wildman–Crippen MR) is 89.5 cm³/mol. The number of aryl methyl sites for hydroxylation is 1. The molecule has 0 fully saturated rings. The lowest BCUT2D eigenvalue weighted by Gasteiger charge is -2.13. The summed E-state index contributed by atoms with van der Waals surface area (Å²) in [6.07, 6.45) is 3.90. The molecule has 0 amide bonds. The van der Waals surface area contributed by atoms with E-state index in [1.54, 1.807) is 22.7 Å². The van der Waals surface area contributed by atoms with Crippen LogP contribution in [0.1, 0.15) is 18.2 Å². The van der Waals surface area contributed by atoms with Crippen molar-refractivity contribution in [1.29, 1.82) is 0 Å². The van der Waals surface area contributed by atoms with Gasteiger partial charge in [0.2, 0.25) is 5.43 Å². The minimum Gasteiger partial charge on any atom is -0.503 e. The van der Waals surface area contributed by atoms with Crippen LogP contribution in [0, 0.1) is 0 Å². The zero-order valence-electron chi connectivity index (χ0n) is 12.5. The molecule has 3 rings (SSSR count).